The molecule has 5 nitrogen and oxygen atoms in total. The number of halogens is 1. The highest BCUT2D eigenvalue weighted by Crippen LogP contribution is 2.41. The summed E-state index contributed by atoms with van der Waals surface area (Å²) in [5.41, 5.74) is 0.569. The molecule has 3 heterocycles. The van der Waals surface area contributed by atoms with E-state index < -0.39 is 0 Å². The van der Waals surface area contributed by atoms with Gasteiger partial charge in [-0.2, -0.15) is 0 Å². The van der Waals surface area contributed by atoms with E-state index in [1.54, 1.807) is 17.2 Å². The molecule has 0 aromatic carbocycles. The number of aromatic nitrogens is 1. The average Bonchev–Trinajstić information content (AvgIpc) is 3.18. The second kappa shape index (κ2) is 5.70. The quantitative estimate of drug-likeness (QED) is 0.837. The van der Waals surface area contributed by atoms with Crippen molar-refractivity contribution in [3.63, 3.8) is 0 Å². The highest BCUT2D eigenvalue weighted by Gasteiger charge is 2.39. The summed E-state index contributed by atoms with van der Waals surface area (Å²) >= 11 is 6.43. The molecule has 3 fully saturated rings. The van der Waals surface area contributed by atoms with Crippen LogP contribution in [0.25, 0.3) is 0 Å². The van der Waals surface area contributed by atoms with Crippen LogP contribution in [0.4, 0.5) is 5.82 Å². The molecule has 2 atom stereocenters. The van der Waals surface area contributed by atoms with E-state index in [1.807, 2.05) is 0 Å². The molecular weight excluding hydrogens is 302 g/mol. The largest absolute Gasteiger partial charge is 0.378 e. The van der Waals surface area contributed by atoms with Crippen molar-refractivity contribution in [3.8, 4) is 0 Å². The zero-order valence-corrected chi connectivity index (χ0v) is 13.3. The van der Waals surface area contributed by atoms with E-state index in [1.165, 1.54) is 19.3 Å². The summed E-state index contributed by atoms with van der Waals surface area (Å²) in [5.74, 6) is 1.62. The van der Waals surface area contributed by atoms with Crippen LogP contribution in [-0.2, 0) is 4.74 Å². The third-order valence-corrected chi connectivity index (χ3v) is 5.33. The van der Waals surface area contributed by atoms with Crippen molar-refractivity contribution >= 4 is 23.3 Å². The lowest BCUT2D eigenvalue weighted by Crippen LogP contribution is -2.40. The number of anilines is 1. The fraction of sp³-hybridized carbons (Fsp3) is 0.625. The minimum atomic E-state index is -0.00723. The monoisotopic (exact) mass is 321 g/mol. The molecule has 1 amide bonds. The number of carbonyl (C=O) groups is 1. The van der Waals surface area contributed by atoms with Gasteiger partial charge in [0.1, 0.15) is 5.82 Å². The van der Waals surface area contributed by atoms with Gasteiger partial charge in [-0.05, 0) is 31.2 Å². The Morgan fingerprint density at radius 1 is 1.32 bits per heavy atom. The molecule has 0 spiro atoms. The molecule has 0 N–H and O–H groups in total. The van der Waals surface area contributed by atoms with E-state index in [2.05, 4.69) is 9.88 Å². The van der Waals surface area contributed by atoms with Gasteiger partial charge in [-0.25, -0.2) is 4.98 Å². The van der Waals surface area contributed by atoms with Crippen LogP contribution in [0.3, 0.4) is 0 Å². The van der Waals surface area contributed by atoms with E-state index in [9.17, 15) is 4.79 Å². The molecule has 1 aliphatic carbocycles. The SMILES string of the molecule is O=C(c1cnc(N2CC3CCC2C3)c(Cl)c1)N1CCOCC1. The van der Waals surface area contributed by atoms with Gasteiger partial charge >= 0.3 is 0 Å². The lowest BCUT2D eigenvalue weighted by molar-refractivity contribution is 0.0302. The van der Waals surface area contributed by atoms with Crippen molar-refractivity contribution in [2.75, 3.05) is 37.7 Å². The summed E-state index contributed by atoms with van der Waals surface area (Å²) < 4.78 is 5.28. The fourth-order valence-corrected chi connectivity index (χ4v) is 4.17. The lowest BCUT2D eigenvalue weighted by atomic mass is 10.1. The summed E-state index contributed by atoms with van der Waals surface area (Å²) in [6.07, 6.45) is 5.49. The number of nitrogens with zero attached hydrogens (tertiary/aromatic N) is 3. The standard InChI is InChI=1S/C16H20ClN3O2/c17-14-8-12(16(21)19-3-5-22-6-4-19)9-18-15(14)20-10-11-1-2-13(20)7-11/h8-9,11,13H,1-7,10H2. The van der Waals surface area contributed by atoms with Gasteiger partial charge in [0.05, 0.1) is 23.8 Å². The first-order valence-electron chi connectivity index (χ1n) is 8.01. The molecule has 22 heavy (non-hydrogen) atoms. The van der Waals surface area contributed by atoms with Crippen LogP contribution in [0.1, 0.15) is 29.6 Å². The van der Waals surface area contributed by atoms with Gasteiger partial charge in [0.15, 0.2) is 0 Å². The Morgan fingerprint density at radius 2 is 2.14 bits per heavy atom. The molecule has 2 bridgehead atoms. The smallest absolute Gasteiger partial charge is 0.255 e. The predicted octanol–water partition coefficient (Wildman–Crippen LogP) is 2.20. The Balaban J connectivity index is 1.53. The van der Waals surface area contributed by atoms with Crippen LogP contribution in [0, 0.1) is 5.92 Å². The number of rotatable bonds is 2. The third-order valence-electron chi connectivity index (χ3n) is 5.05. The zero-order chi connectivity index (χ0) is 15.1. The van der Waals surface area contributed by atoms with Crippen LogP contribution >= 0.6 is 11.6 Å². The number of piperidine rings is 1. The van der Waals surface area contributed by atoms with Crippen molar-refractivity contribution in [1.82, 2.24) is 9.88 Å². The molecule has 1 aromatic heterocycles. The zero-order valence-electron chi connectivity index (χ0n) is 12.5. The molecule has 2 saturated heterocycles. The first-order valence-corrected chi connectivity index (χ1v) is 8.39. The minimum absolute atomic E-state index is 0.00723. The Hall–Kier alpha value is -1.33. The van der Waals surface area contributed by atoms with E-state index in [0.717, 1.165) is 18.3 Å². The third kappa shape index (κ3) is 2.46. The van der Waals surface area contributed by atoms with E-state index in [4.69, 9.17) is 16.3 Å². The van der Waals surface area contributed by atoms with Gasteiger partial charge < -0.3 is 14.5 Å². The molecule has 2 aliphatic heterocycles. The van der Waals surface area contributed by atoms with Gasteiger partial charge in [-0.15, -0.1) is 0 Å². The van der Waals surface area contributed by atoms with Crippen LogP contribution in [0.15, 0.2) is 12.3 Å². The molecule has 4 rings (SSSR count). The average molecular weight is 322 g/mol. The van der Waals surface area contributed by atoms with Gasteiger partial charge in [-0.3, -0.25) is 4.79 Å². The number of hydrogen-bond donors (Lipinski definition) is 0. The van der Waals surface area contributed by atoms with Gasteiger partial charge in [-0.1, -0.05) is 11.6 Å². The second-order valence-corrected chi connectivity index (χ2v) is 6.83. The van der Waals surface area contributed by atoms with Crippen molar-refractivity contribution in [2.24, 2.45) is 5.92 Å². The molecule has 6 heteroatoms. The number of pyridine rings is 1. The number of ether oxygens (including phenoxy) is 1. The van der Waals surface area contributed by atoms with Crippen molar-refractivity contribution < 1.29 is 9.53 Å². The van der Waals surface area contributed by atoms with E-state index in [-0.39, 0.29) is 5.91 Å². The maximum Gasteiger partial charge on any atom is 0.255 e. The van der Waals surface area contributed by atoms with Crippen LogP contribution < -0.4 is 4.90 Å². The normalized spacial score (nSPS) is 27.5. The number of amides is 1. The highest BCUT2D eigenvalue weighted by atomic mass is 35.5. The highest BCUT2D eigenvalue weighted by molar-refractivity contribution is 6.33. The number of fused-ring (bicyclic) bond motifs is 2. The summed E-state index contributed by atoms with van der Waals surface area (Å²) in [5, 5.41) is 0.589. The van der Waals surface area contributed by atoms with Crippen LogP contribution in [0.5, 0.6) is 0 Å². The molecule has 2 unspecified atom stereocenters. The number of carbonyl (C=O) groups excluding carboxylic acids is 1. The Morgan fingerprint density at radius 3 is 2.77 bits per heavy atom. The summed E-state index contributed by atoms with van der Waals surface area (Å²) in [4.78, 5) is 21.1. The molecule has 0 radical (unpaired) electrons. The molecule has 118 valence electrons. The number of hydrogen-bond acceptors (Lipinski definition) is 4. The van der Waals surface area contributed by atoms with Crippen molar-refractivity contribution in [1.29, 1.82) is 0 Å². The Kier molecular flexibility index (Phi) is 3.70. The van der Waals surface area contributed by atoms with Crippen LogP contribution in [-0.4, -0.2) is 54.7 Å². The molecule has 3 aliphatic rings. The second-order valence-electron chi connectivity index (χ2n) is 6.42. The minimum Gasteiger partial charge on any atom is -0.378 e. The van der Waals surface area contributed by atoms with Gasteiger partial charge in [0, 0.05) is 31.9 Å². The summed E-state index contributed by atoms with van der Waals surface area (Å²) in [6, 6.07) is 2.35. The van der Waals surface area contributed by atoms with Crippen LogP contribution in [0.2, 0.25) is 5.02 Å². The molecular formula is C16H20ClN3O2. The first kappa shape index (κ1) is 14.3. The van der Waals surface area contributed by atoms with Gasteiger partial charge in [0.25, 0.3) is 5.91 Å². The Bertz CT molecular complexity index is 589. The fourth-order valence-electron chi connectivity index (χ4n) is 3.89. The summed E-state index contributed by atoms with van der Waals surface area (Å²) in [7, 11) is 0. The first-order chi connectivity index (χ1) is 10.7. The Labute approximate surface area is 135 Å². The summed E-state index contributed by atoms with van der Waals surface area (Å²) in [6.45, 7) is 3.51. The van der Waals surface area contributed by atoms with Gasteiger partial charge in [0.2, 0.25) is 0 Å². The van der Waals surface area contributed by atoms with Crippen molar-refractivity contribution in [2.45, 2.75) is 25.3 Å². The molecule has 1 aromatic rings. The maximum absolute atomic E-state index is 12.5. The van der Waals surface area contributed by atoms with Crippen molar-refractivity contribution in [3.05, 3.63) is 22.8 Å². The number of morpholine rings is 1. The van der Waals surface area contributed by atoms with E-state index >= 15 is 0 Å². The maximum atomic E-state index is 12.5. The van der Waals surface area contributed by atoms with E-state index in [0.29, 0.717) is 42.9 Å². The predicted molar refractivity (Wildman–Crippen MR) is 84.4 cm³/mol. The lowest BCUT2D eigenvalue weighted by Gasteiger charge is -2.29. The topological polar surface area (TPSA) is 45.7 Å². The molecule has 1 saturated carbocycles.